The fourth-order valence-corrected chi connectivity index (χ4v) is 2.39. The molecule has 0 amide bonds. The van der Waals surface area contributed by atoms with E-state index in [-0.39, 0.29) is 15.8 Å². The van der Waals surface area contributed by atoms with Crippen LogP contribution in [0.25, 0.3) is 5.76 Å². The van der Waals surface area contributed by atoms with E-state index in [9.17, 15) is 4.57 Å². The smallest absolute Gasteiger partial charge is 0.404 e. The monoisotopic (exact) mass is 330 g/mol. The molecule has 0 unspecified atom stereocenters. The van der Waals surface area contributed by atoms with E-state index < -0.39 is 7.82 Å². The van der Waals surface area contributed by atoms with Gasteiger partial charge in [-0.2, -0.15) is 0 Å². The van der Waals surface area contributed by atoms with Gasteiger partial charge in [0.05, 0.1) is 15.1 Å². The molecule has 8 heteroatoms. The van der Waals surface area contributed by atoms with Gasteiger partial charge in [-0.3, -0.25) is 9.05 Å². The number of hydrogen-bond donors (Lipinski definition) is 0. The van der Waals surface area contributed by atoms with Crippen molar-refractivity contribution in [1.82, 2.24) is 0 Å². The second-order valence-electron chi connectivity index (χ2n) is 3.07. The minimum atomic E-state index is -3.68. The van der Waals surface area contributed by atoms with Crippen molar-refractivity contribution in [2.45, 2.75) is 0 Å². The lowest BCUT2D eigenvalue weighted by molar-refractivity contribution is 0.201. The first-order valence-electron chi connectivity index (χ1n) is 4.58. The van der Waals surface area contributed by atoms with E-state index >= 15 is 0 Å². The summed E-state index contributed by atoms with van der Waals surface area (Å²) in [5.74, 6) is 0.00519. The lowest BCUT2D eigenvalue weighted by Crippen LogP contribution is -1.95. The van der Waals surface area contributed by atoms with Crippen LogP contribution in [0.3, 0.4) is 0 Å². The Bertz CT molecular complexity index is 510. The Morgan fingerprint density at radius 2 is 1.61 bits per heavy atom. The Hall–Kier alpha value is -0.220. The molecule has 0 aromatic heterocycles. The molecule has 100 valence electrons. The molecule has 1 aromatic carbocycles. The van der Waals surface area contributed by atoms with Gasteiger partial charge in [-0.15, -0.1) is 0 Å². The van der Waals surface area contributed by atoms with Crippen molar-refractivity contribution in [3.05, 3.63) is 39.3 Å². The van der Waals surface area contributed by atoms with Crippen molar-refractivity contribution in [3.8, 4) is 0 Å². The van der Waals surface area contributed by atoms with Crippen molar-refractivity contribution >= 4 is 48.4 Å². The van der Waals surface area contributed by atoms with Crippen molar-refractivity contribution in [2.24, 2.45) is 0 Å². The molecule has 0 radical (unpaired) electrons. The summed E-state index contributed by atoms with van der Waals surface area (Å²) in [7, 11) is -1.31. The highest BCUT2D eigenvalue weighted by molar-refractivity contribution is 7.48. The molecule has 0 fully saturated rings. The second-order valence-corrected chi connectivity index (χ2v) is 6.10. The minimum Gasteiger partial charge on any atom is -0.404 e. The fraction of sp³-hybridized carbons (Fsp3) is 0.200. The zero-order valence-corrected chi connectivity index (χ0v) is 12.7. The van der Waals surface area contributed by atoms with Crippen LogP contribution >= 0.6 is 42.6 Å². The molecule has 18 heavy (non-hydrogen) atoms. The standard InChI is InChI=1S/C10H10Cl3O4P/c1-6(17-18(14,15-2)16-3)7-4-9(12)10(13)5-8(7)11/h4-5H,1H2,2-3H3. The molecule has 0 saturated heterocycles. The Balaban J connectivity index is 3.05. The molecule has 0 N–H and O–H groups in total. The van der Waals surface area contributed by atoms with E-state index in [1.54, 1.807) is 0 Å². The molecule has 0 heterocycles. The summed E-state index contributed by atoms with van der Waals surface area (Å²) in [5.41, 5.74) is 0.348. The molecule has 0 aliphatic rings. The van der Waals surface area contributed by atoms with Crippen molar-refractivity contribution < 1.29 is 18.1 Å². The predicted octanol–water partition coefficient (Wildman–Crippen LogP) is 5.04. The zero-order valence-electron chi connectivity index (χ0n) is 9.58. The van der Waals surface area contributed by atoms with Crippen LogP contribution in [0.2, 0.25) is 15.1 Å². The van der Waals surface area contributed by atoms with Gasteiger partial charge in [0, 0.05) is 19.8 Å². The van der Waals surface area contributed by atoms with Gasteiger partial charge < -0.3 is 4.52 Å². The lowest BCUT2D eigenvalue weighted by atomic mass is 10.2. The maximum atomic E-state index is 11.8. The van der Waals surface area contributed by atoms with E-state index in [1.165, 1.54) is 26.4 Å². The van der Waals surface area contributed by atoms with Gasteiger partial charge >= 0.3 is 7.82 Å². The Morgan fingerprint density at radius 3 is 2.11 bits per heavy atom. The Labute approximate surface area is 120 Å². The predicted molar refractivity (Wildman–Crippen MR) is 73.2 cm³/mol. The number of halogens is 3. The number of rotatable bonds is 5. The topological polar surface area (TPSA) is 44.8 Å². The SMILES string of the molecule is C=C(OP(=O)(OC)OC)c1cc(Cl)c(Cl)cc1Cl. The van der Waals surface area contributed by atoms with Crippen LogP contribution in [0.1, 0.15) is 5.56 Å². The zero-order chi connectivity index (χ0) is 13.9. The summed E-state index contributed by atoms with van der Waals surface area (Å²) in [6.07, 6.45) is 0. The largest absolute Gasteiger partial charge is 0.529 e. The summed E-state index contributed by atoms with van der Waals surface area (Å²) in [6.45, 7) is 3.60. The van der Waals surface area contributed by atoms with E-state index in [0.29, 0.717) is 10.6 Å². The van der Waals surface area contributed by atoms with Crippen molar-refractivity contribution in [1.29, 1.82) is 0 Å². The molecule has 0 atom stereocenters. The highest BCUT2D eigenvalue weighted by Gasteiger charge is 2.26. The summed E-state index contributed by atoms with van der Waals surface area (Å²) in [4.78, 5) is 0. The van der Waals surface area contributed by atoms with Crippen LogP contribution in [0.4, 0.5) is 0 Å². The Kier molecular flexibility index (Phi) is 5.53. The van der Waals surface area contributed by atoms with Crippen LogP contribution < -0.4 is 0 Å². The van der Waals surface area contributed by atoms with Gasteiger partial charge in [0.1, 0.15) is 5.76 Å². The second kappa shape index (κ2) is 6.29. The number of phosphoric ester groups is 1. The lowest BCUT2D eigenvalue weighted by Gasteiger charge is -2.17. The Morgan fingerprint density at radius 1 is 1.11 bits per heavy atom. The van der Waals surface area contributed by atoms with Gasteiger partial charge in [-0.25, -0.2) is 4.57 Å². The summed E-state index contributed by atoms with van der Waals surface area (Å²) >= 11 is 17.6. The summed E-state index contributed by atoms with van der Waals surface area (Å²) in [6, 6.07) is 2.88. The number of benzene rings is 1. The molecule has 0 bridgehead atoms. The van der Waals surface area contributed by atoms with Crippen LogP contribution in [-0.4, -0.2) is 14.2 Å². The normalized spacial score (nSPS) is 11.4. The average molecular weight is 332 g/mol. The van der Waals surface area contributed by atoms with Crippen LogP contribution in [-0.2, 0) is 18.1 Å². The van der Waals surface area contributed by atoms with Crippen molar-refractivity contribution in [2.75, 3.05) is 14.2 Å². The molecule has 1 rings (SSSR count). The van der Waals surface area contributed by atoms with Gasteiger partial charge in [0.2, 0.25) is 0 Å². The fourth-order valence-electron chi connectivity index (χ4n) is 1.07. The number of phosphoric acid groups is 1. The molecule has 0 saturated carbocycles. The summed E-state index contributed by atoms with van der Waals surface area (Å²) in [5, 5.41) is 0.818. The molecule has 1 aromatic rings. The third-order valence-corrected chi connectivity index (χ3v) is 4.35. The first kappa shape index (κ1) is 15.8. The van der Waals surface area contributed by atoms with Gasteiger partial charge in [-0.05, 0) is 12.1 Å². The van der Waals surface area contributed by atoms with E-state index in [2.05, 4.69) is 15.6 Å². The average Bonchev–Trinajstić information content (AvgIpc) is 2.33. The first-order chi connectivity index (χ1) is 8.33. The van der Waals surface area contributed by atoms with Gasteiger partial charge in [0.15, 0.2) is 0 Å². The highest BCUT2D eigenvalue weighted by Crippen LogP contribution is 2.51. The van der Waals surface area contributed by atoms with Crippen LogP contribution in [0, 0.1) is 0 Å². The quantitative estimate of drug-likeness (QED) is 0.431. The maximum absolute atomic E-state index is 11.8. The van der Waals surface area contributed by atoms with E-state index in [4.69, 9.17) is 39.3 Å². The third-order valence-electron chi connectivity index (χ3n) is 1.98. The molecule has 0 aliphatic carbocycles. The number of hydrogen-bond acceptors (Lipinski definition) is 4. The van der Waals surface area contributed by atoms with Crippen LogP contribution in [0.15, 0.2) is 18.7 Å². The maximum Gasteiger partial charge on any atom is 0.529 e. The van der Waals surface area contributed by atoms with E-state index in [1.807, 2.05) is 0 Å². The van der Waals surface area contributed by atoms with Gasteiger partial charge in [0.25, 0.3) is 0 Å². The molecule has 0 aliphatic heterocycles. The highest BCUT2D eigenvalue weighted by atomic mass is 35.5. The van der Waals surface area contributed by atoms with E-state index in [0.717, 1.165) is 0 Å². The molecular formula is C10H10Cl3O4P. The van der Waals surface area contributed by atoms with Gasteiger partial charge in [-0.1, -0.05) is 41.4 Å². The van der Waals surface area contributed by atoms with Crippen LogP contribution in [0.5, 0.6) is 0 Å². The van der Waals surface area contributed by atoms with Crippen molar-refractivity contribution in [3.63, 3.8) is 0 Å². The first-order valence-corrected chi connectivity index (χ1v) is 7.17. The molecule has 0 spiro atoms. The minimum absolute atomic E-state index is 0.00519. The summed E-state index contributed by atoms with van der Waals surface area (Å²) < 4.78 is 26.0. The molecule has 4 nitrogen and oxygen atoms in total. The third kappa shape index (κ3) is 3.64. The molecular weight excluding hydrogens is 321 g/mol.